The molecule has 0 rings (SSSR count). The Morgan fingerprint density at radius 3 is 2.69 bits per heavy atom. The van der Waals surface area contributed by atoms with E-state index in [1.165, 1.54) is 7.11 Å². The van der Waals surface area contributed by atoms with E-state index in [-0.39, 0.29) is 18.6 Å². The maximum Gasteiger partial charge on any atom is 0.220 e. The van der Waals surface area contributed by atoms with Gasteiger partial charge in [0.1, 0.15) is 0 Å². The molecule has 0 radical (unpaired) electrons. The fourth-order valence-corrected chi connectivity index (χ4v) is 1.45. The lowest BCUT2D eigenvalue weighted by Crippen LogP contribution is -2.40. The lowest BCUT2D eigenvalue weighted by atomic mass is 10.0. The number of ether oxygens (including phenoxy) is 1. The van der Waals surface area contributed by atoms with Gasteiger partial charge in [0.15, 0.2) is 0 Å². The molecule has 2 unspecified atom stereocenters. The van der Waals surface area contributed by atoms with E-state index in [0.717, 1.165) is 12.8 Å². The number of methoxy groups -OCH3 is 1. The van der Waals surface area contributed by atoms with Gasteiger partial charge >= 0.3 is 0 Å². The Kier molecular flexibility index (Phi) is 9.18. The normalized spacial score (nSPS) is 14.5. The van der Waals surface area contributed by atoms with Crippen LogP contribution >= 0.6 is 0 Å². The molecule has 0 aromatic carbocycles. The van der Waals surface area contributed by atoms with Gasteiger partial charge in [-0.1, -0.05) is 6.92 Å². The van der Waals surface area contributed by atoms with Crippen LogP contribution in [0.1, 0.15) is 26.2 Å². The molecule has 4 N–H and O–H groups in total. The van der Waals surface area contributed by atoms with Crippen molar-refractivity contribution in [2.75, 3.05) is 26.9 Å². The van der Waals surface area contributed by atoms with E-state index in [2.05, 4.69) is 12.2 Å². The minimum Gasteiger partial charge on any atom is -0.394 e. The van der Waals surface area contributed by atoms with E-state index in [4.69, 9.17) is 15.6 Å². The van der Waals surface area contributed by atoms with E-state index >= 15 is 0 Å². The zero-order valence-corrected chi connectivity index (χ0v) is 10.2. The maximum absolute atomic E-state index is 11.5. The molecule has 0 aromatic rings. The summed E-state index contributed by atoms with van der Waals surface area (Å²) >= 11 is 0. The molecule has 5 heteroatoms. The third kappa shape index (κ3) is 7.62. The Bertz CT molecular complexity index is 188. The first-order valence-corrected chi connectivity index (χ1v) is 5.73. The number of rotatable bonds is 9. The zero-order chi connectivity index (χ0) is 12.4. The SMILES string of the molecule is COCC(CO)NC(=O)CCC(C)CCN. The van der Waals surface area contributed by atoms with Crippen molar-refractivity contribution in [1.29, 1.82) is 0 Å². The van der Waals surface area contributed by atoms with Gasteiger partial charge in [0, 0.05) is 13.5 Å². The van der Waals surface area contributed by atoms with Crippen LogP contribution < -0.4 is 11.1 Å². The molecule has 0 bridgehead atoms. The Morgan fingerprint density at radius 1 is 1.50 bits per heavy atom. The Labute approximate surface area is 97.3 Å². The highest BCUT2D eigenvalue weighted by Gasteiger charge is 2.11. The molecule has 0 spiro atoms. The van der Waals surface area contributed by atoms with Crippen LogP contribution in [-0.4, -0.2) is 43.9 Å². The summed E-state index contributed by atoms with van der Waals surface area (Å²) in [6, 6.07) is -0.303. The van der Waals surface area contributed by atoms with Gasteiger partial charge in [-0.3, -0.25) is 4.79 Å². The fourth-order valence-electron chi connectivity index (χ4n) is 1.45. The number of hydrogen-bond donors (Lipinski definition) is 3. The number of aliphatic hydroxyl groups excluding tert-OH is 1. The molecular formula is C11H24N2O3. The van der Waals surface area contributed by atoms with Crippen molar-refractivity contribution in [3.8, 4) is 0 Å². The van der Waals surface area contributed by atoms with Crippen molar-refractivity contribution < 1.29 is 14.6 Å². The molecule has 0 saturated heterocycles. The summed E-state index contributed by atoms with van der Waals surface area (Å²) in [7, 11) is 1.54. The lowest BCUT2D eigenvalue weighted by molar-refractivity contribution is -0.122. The summed E-state index contributed by atoms with van der Waals surface area (Å²) in [5.74, 6) is 0.422. The molecule has 0 aliphatic heterocycles. The minimum absolute atomic E-state index is 0.0417. The van der Waals surface area contributed by atoms with Gasteiger partial charge in [-0.2, -0.15) is 0 Å². The standard InChI is InChI=1S/C11H24N2O3/c1-9(5-6-12)3-4-11(15)13-10(7-14)8-16-2/h9-10,14H,3-8,12H2,1-2H3,(H,13,15). The summed E-state index contributed by atoms with van der Waals surface area (Å²) < 4.78 is 4.87. The second-order valence-corrected chi connectivity index (χ2v) is 4.12. The zero-order valence-electron chi connectivity index (χ0n) is 10.2. The van der Waals surface area contributed by atoms with Crippen LogP contribution in [0.25, 0.3) is 0 Å². The molecule has 16 heavy (non-hydrogen) atoms. The van der Waals surface area contributed by atoms with Crippen LogP contribution in [0.4, 0.5) is 0 Å². The monoisotopic (exact) mass is 232 g/mol. The minimum atomic E-state index is -0.303. The third-order valence-corrected chi connectivity index (χ3v) is 2.48. The van der Waals surface area contributed by atoms with Crippen molar-refractivity contribution in [3.63, 3.8) is 0 Å². The summed E-state index contributed by atoms with van der Waals surface area (Å²) in [4.78, 5) is 11.5. The fraction of sp³-hybridized carbons (Fsp3) is 0.909. The molecule has 0 fully saturated rings. The molecule has 2 atom stereocenters. The number of carbonyl (C=O) groups excluding carboxylic acids is 1. The van der Waals surface area contributed by atoms with E-state index < -0.39 is 0 Å². The van der Waals surface area contributed by atoms with Gasteiger partial charge in [-0.05, 0) is 25.3 Å². The number of amides is 1. The van der Waals surface area contributed by atoms with E-state index in [1.54, 1.807) is 0 Å². The van der Waals surface area contributed by atoms with Crippen LogP contribution in [0.3, 0.4) is 0 Å². The smallest absolute Gasteiger partial charge is 0.220 e. The molecule has 5 nitrogen and oxygen atoms in total. The Balaban J connectivity index is 3.71. The average molecular weight is 232 g/mol. The molecule has 0 aliphatic rings. The summed E-state index contributed by atoms with van der Waals surface area (Å²) in [5, 5.41) is 11.7. The van der Waals surface area contributed by atoms with Crippen molar-refractivity contribution >= 4 is 5.91 Å². The number of hydrogen-bond acceptors (Lipinski definition) is 4. The molecule has 96 valence electrons. The molecule has 0 aromatic heterocycles. The van der Waals surface area contributed by atoms with E-state index in [9.17, 15) is 4.79 Å². The Morgan fingerprint density at radius 2 is 2.19 bits per heavy atom. The summed E-state index contributed by atoms with van der Waals surface area (Å²) in [6.07, 6.45) is 2.24. The largest absolute Gasteiger partial charge is 0.394 e. The number of carbonyl (C=O) groups is 1. The highest BCUT2D eigenvalue weighted by molar-refractivity contribution is 5.76. The molecule has 0 heterocycles. The van der Waals surface area contributed by atoms with Gasteiger partial charge in [-0.15, -0.1) is 0 Å². The van der Waals surface area contributed by atoms with Gasteiger partial charge in [0.25, 0.3) is 0 Å². The highest BCUT2D eigenvalue weighted by atomic mass is 16.5. The molecule has 1 amide bonds. The predicted molar refractivity (Wildman–Crippen MR) is 63.0 cm³/mol. The number of nitrogens with two attached hydrogens (primary N) is 1. The topological polar surface area (TPSA) is 84.6 Å². The van der Waals surface area contributed by atoms with Crippen molar-refractivity contribution in [2.24, 2.45) is 11.7 Å². The molecule has 0 aliphatic carbocycles. The van der Waals surface area contributed by atoms with Crippen LogP contribution in [0.5, 0.6) is 0 Å². The van der Waals surface area contributed by atoms with Crippen LogP contribution in [0.2, 0.25) is 0 Å². The number of aliphatic hydroxyl groups is 1. The van der Waals surface area contributed by atoms with Crippen molar-refractivity contribution in [1.82, 2.24) is 5.32 Å². The average Bonchev–Trinajstić information content (AvgIpc) is 2.26. The maximum atomic E-state index is 11.5. The van der Waals surface area contributed by atoms with E-state index in [1.807, 2.05) is 0 Å². The van der Waals surface area contributed by atoms with Crippen LogP contribution in [-0.2, 0) is 9.53 Å². The van der Waals surface area contributed by atoms with Gasteiger partial charge in [0.2, 0.25) is 5.91 Å². The van der Waals surface area contributed by atoms with Gasteiger partial charge in [0.05, 0.1) is 19.3 Å². The molecule has 0 saturated carbocycles. The van der Waals surface area contributed by atoms with E-state index in [0.29, 0.717) is 25.5 Å². The van der Waals surface area contributed by atoms with Gasteiger partial charge < -0.3 is 20.9 Å². The third-order valence-electron chi connectivity index (χ3n) is 2.48. The van der Waals surface area contributed by atoms with Crippen LogP contribution in [0.15, 0.2) is 0 Å². The molecular weight excluding hydrogens is 208 g/mol. The van der Waals surface area contributed by atoms with Gasteiger partial charge in [-0.25, -0.2) is 0 Å². The first-order chi connectivity index (χ1) is 7.63. The highest BCUT2D eigenvalue weighted by Crippen LogP contribution is 2.08. The summed E-state index contributed by atoms with van der Waals surface area (Å²) in [5.41, 5.74) is 5.43. The quantitative estimate of drug-likeness (QED) is 0.517. The predicted octanol–water partition coefficient (Wildman–Crippen LogP) is -0.125. The van der Waals surface area contributed by atoms with Crippen LogP contribution in [0, 0.1) is 5.92 Å². The number of nitrogens with one attached hydrogen (secondary N) is 1. The van der Waals surface area contributed by atoms with Crippen molar-refractivity contribution in [2.45, 2.75) is 32.2 Å². The second kappa shape index (κ2) is 9.57. The lowest BCUT2D eigenvalue weighted by Gasteiger charge is -2.16. The first kappa shape index (κ1) is 15.3. The second-order valence-electron chi connectivity index (χ2n) is 4.12. The Hall–Kier alpha value is -0.650. The summed E-state index contributed by atoms with van der Waals surface area (Å²) in [6.45, 7) is 2.98. The first-order valence-electron chi connectivity index (χ1n) is 5.73. The van der Waals surface area contributed by atoms with Crippen molar-refractivity contribution in [3.05, 3.63) is 0 Å².